The van der Waals surface area contributed by atoms with Gasteiger partial charge in [0.05, 0.1) is 0 Å². The number of aromatic nitrogens is 2. The molecule has 0 atom stereocenters. The van der Waals surface area contributed by atoms with E-state index in [2.05, 4.69) is 23.8 Å². The zero-order valence-corrected chi connectivity index (χ0v) is 8.86. The van der Waals surface area contributed by atoms with E-state index in [-0.39, 0.29) is 6.79 Å². The molecule has 0 saturated carbocycles. The molecule has 0 aliphatic carbocycles. The Kier molecular flexibility index (Phi) is 4.32. The second kappa shape index (κ2) is 5.54. The van der Waals surface area contributed by atoms with Crippen LogP contribution >= 0.6 is 0 Å². The highest BCUT2D eigenvalue weighted by Gasteiger charge is 2.07. The van der Waals surface area contributed by atoms with Gasteiger partial charge in [-0.2, -0.15) is 0 Å². The van der Waals surface area contributed by atoms with Crippen LogP contribution in [0.1, 0.15) is 19.5 Å². The third-order valence-electron chi connectivity index (χ3n) is 1.65. The Bertz CT molecular complexity index is 277. The van der Waals surface area contributed by atoms with Gasteiger partial charge in [-0.25, -0.2) is 4.98 Å². The van der Waals surface area contributed by atoms with Gasteiger partial charge in [-0.1, -0.05) is 13.8 Å². The number of ether oxygens (including phenoxy) is 2. The van der Waals surface area contributed by atoms with Gasteiger partial charge in [0, 0.05) is 19.5 Å². The molecule has 14 heavy (non-hydrogen) atoms. The van der Waals surface area contributed by atoms with E-state index in [4.69, 9.17) is 9.47 Å². The minimum Gasteiger partial charge on any atom is -0.449 e. The molecule has 0 spiro atoms. The van der Waals surface area contributed by atoms with Crippen LogP contribution in [0.25, 0.3) is 0 Å². The van der Waals surface area contributed by atoms with E-state index in [1.807, 2.05) is 0 Å². The van der Waals surface area contributed by atoms with Gasteiger partial charge in [0.1, 0.15) is 5.69 Å². The van der Waals surface area contributed by atoms with Gasteiger partial charge in [0.15, 0.2) is 6.79 Å². The van der Waals surface area contributed by atoms with Crippen molar-refractivity contribution in [2.75, 3.05) is 13.9 Å². The van der Waals surface area contributed by atoms with Crippen molar-refractivity contribution in [3.63, 3.8) is 0 Å². The predicted molar refractivity (Wildman–Crippen MR) is 53.1 cm³/mol. The maximum Gasteiger partial charge on any atom is 0.237 e. The van der Waals surface area contributed by atoms with E-state index in [0.29, 0.717) is 11.8 Å². The Hall–Kier alpha value is -1.16. The topological polar surface area (TPSA) is 44.2 Å². The molecule has 0 aliphatic rings. The molecule has 0 N–H and O–H groups in total. The van der Waals surface area contributed by atoms with E-state index in [0.717, 1.165) is 12.1 Å². The average Bonchev–Trinajstić information content (AvgIpc) is 2.16. The zero-order valence-electron chi connectivity index (χ0n) is 8.86. The lowest BCUT2D eigenvalue weighted by Crippen LogP contribution is -2.06. The number of hydrogen-bond donors (Lipinski definition) is 0. The highest BCUT2D eigenvalue weighted by atomic mass is 16.7. The summed E-state index contributed by atoms with van der Waals surface area (Å²) < 4.78 is 10.1. The van der Waals surface area contributed by atoms with E-state index in [1.54, 1.807) is 19.5 Å². The third kappa shape index (κ3) is 3.30. The fourth-order valence-electron chi connectivity index (χ4n) is 1.12. The predicted octanol–water partition coefficient (Wildman–Crippen LogP) is 1.66. The number of rotatable bonds is 5. The minimum atomic E-state index is 0.212. The highest BCUT2D eigenvalue weighted by Crippen LogP contribution is 2.15. The van der Waals surface area contributed by atoms with Gasteiger partial charge in [-0.3, -0.25) is 4.98 Å². The summed E-state index contributed by atoms with van der Waals surface area (Å²) in [6.07, 6.45) is 4.17. The fraction of sp³-hybridized carbons (Fsp3) is 0.600. The van der Waals surface area contributed by atoms with Crippen LogP contribution in [0, 0.1) is 5.92 Å². The first-order valence-electron chi connectivity index (χ1n) is 4.65. The van der Waals surface area contributed by atoms with Crippen LogP contribution in [0.15, 0.2) is 12.4 Å². The molecule has 1 aromatic heterocycles. The van der Waals surface area contributed by atoms with Crippen LogP contribution < -0.4 is 4.74 Å². The molecule has 4 heteroatoms. The minimum absolute atomic E-state index is 0.212. The van der Waals surface area contributed by atoms with Crippen molar-refractivity contribution in [1.82, 2.24) is 9.97 Å². The van der Waals surface area contributed by atoms with Crippen molar-refractivity contribution >= 4 is 0 Å². The van der Waals surface area contributed by atoms with Crippen LogP contribution in [-0.2, 0) is 11.2 Å². The smallest absolute Gasteiger partial charge is 0.237 e. The van der Waals surface area contributed by atoms with Gasteiger partial charge in [-0.15, -0.1) is 0 Å². The number of hydrogen-bond acceptors (Lipinski definition) is 4. The quantitative estimate of drug-likeness (QED) is 0.672. The maximum absolute atomic E-state index is 5.29. The van der Waals surface area contributed by atoms with E-state index in [1.165, 1.54) is 0 Å². The molecule has 1 aromatic rings. The van der Waals surface area contributed by atoms with E-state index < -0.39 is 0 Å². The van der Waals surface area contributed by atoms with Gasteiger partial charge >= 0.3 is 0 Å². The molecule has 4 nitrogen and oxygen atoms in total. The largest absolute Gasteiger partial charge is 0.449 e. The molecule has 0 aromatic carbocycles. The summed E-state index contributed by atoms with van der Waals surface area (Å²) in [4.78, 5) is 8.33. The second-order valence-corrected chi connectivity index (χ2v) is 3.46. The summed E-state index contributed by atoms with van der Waals surface area (Å²) in [6.45, 7) is 4.48. The molecule has 0 radical (unpaired) electrons. The van der Waals surface area contributed by atoms with E-state index >= 15 is 0 Å². The second-order valence-electron chi connectivity index (χ2n) is 3.46. The monoisotopic (exact) mass is 196 g/mol. The lowest BCUT2D eigenvalue weighted by Gasteiger charge is -2.09. The molecule has 0 fully saturated rings. The molecule has 0 aliphatic heterocycles. The van der Waals surface area contributed by atoms with Crippen LogP contribution in [0.3, 0.4) is 0 Å². The first kappa shape index (κ1) is 10.9. The summed E-state index contributed by atoms with van der Waals surface area (Å²) in [6, 6.07) is 0. The Balaban J connectivity index is 2.69. The number of methoxy groups -OCH3 is 1. The maximum atomic E-state index is 5.29. The molecule has 0 bridgehead atoms. The molecule has 78 valence electrons. The van der Waals surface area contributed by atoms with Crippen molar-refractivity contribution in [1.29, 1.82) is 0 Å². The molecule has 0 saturated heterocycles. The highest BCUT2D eigenvalue weighted by molar-refractivity contribution is 5.17. The standard InChI is InChI=1S/C10H16N2O2/c1-8(2)6-9-10(14-7-13-3)12-5-4-11-9/h4-5,8H,6-7H2,1-3H3. The molecule has 1 heterocycles. The first-order chi connectivity index (χ1) is 6.74. The fourth-order valence-corrected chi connectivity index (χ4v) is 1.12. The van der Waals surface area contributed by atoms with Crippen LogP contribution in [-0.4, -0.2) is 23.9 Å². The van der Waals surface area contributed by atoms with Crippen molar-refractivity contribution in [2.45, 2.75) is 20.3 Å². The summed E-state index contributed by atoms with van der Waals surface area (Å²) in [7, 11) is 1.58. The molecule has 1 rings (SSSR count). The van der Waals surface area contributed by atoms with Crippen molar-refractivity contribution < 1.29 is 9.47 Å². The zero-order chi connectivity index (χ0) is 10.4. The Labute approximate surface area is 84.3 Å². The summed E-state index contributed by atoms with van der Waals surface area (Å²) in [5.41, 5.74) is 0.888. The SMILES string of the molecule is COCOc1nccnc1CC(C)C. The average molecular weight is 196 g/mol. The van der Waals surface area contributed by atoms with Crippen molar-refractivity contribution in [2.24, 2.45) is 5.92 Å². The summed E-state index contributed by atoms with van der Waals surface area (Å²) >= 11 is 0. The molecular formula is C10H16N2O2. The van der Waals surface area contributed by atoms with Gasteiger partial charge in [-0.05, 0) is 12.3 Å². The summed E-state index contributed by atoms with van der Waals surface area (Å²) in [5, 5.41) is 0. The van der Waals surface area contributed by atoms with E-state index in [9.17, 15) is 0 Å². The Morgan fingerprint density at radius 3 is 2.64 bits per heavy atom. The molecule has 0 amide bonds. The van der Waals surface area contributed by atoms with Gasteiger partial charge in [0.25, 0.3) is 0 Å². The number of nitrogens with zero attached hydrogens (tertiary/aromatic N) is 2. The lowest BCUT2D eigenvalue weighted by atomic mass is 10.1. The molecule has 0 unspecified atom stereocenters. The van der Waals surface area contributed by atoms with Crippen LogP contribution in [0.5, 0.6) is 5.88 Å². The lowest BCUT2D eigenvalue weighted by molar-refractivity contribution is 0.0465. The van der Waals surface area contributed by atoms with Crippen LogP contribution in [0.4, 0.5) is 0 Å². The Morgan fingerprint density at radius 2 is 2.00 bits per heavy atom. The van der Waals surface area contributed by atoms with Gasteiger partial charge < -0.3 is 9.47 Å². The normalized spacial score (nSPS) is 10.6. The molecular weight excluding hydrogens is 180 g/mol. The van der Waals surface area contributed by atoms with Crippen molar-refractivity contribution in [3.8, 4) is 5.88 Å². The third-order valence-corrected chi connectivity index (χ3v) is 1.65. The summed E-state index contributed by atoms with van der Waals surface area (Å²) in [5.74, 6) is 1.11. The first-order valence-corrected chi connectivity index (χ1v) is 4.65. The van der Waals surface area contributed by atoms with Crippen LogP contribution in [0.2, 0.25) is 0 Å². The Morgan fingerprint density at radius 1 is 1.29 bits per heavy atom. The van der Waals surface area contributed by atoms with Gasteiger partial charge in [0.2, 0.25) is 5.88 Å². The van der Waals surface area contributed by atoms with Crippen molar-refractivity contribution in [3.05, 3.63) is 18.1 Å².